The lowest BCUT2D eigenvalue weighted by Crippen LogP contribution is -2.35. The molecule has 1 aliphatic rings. The van der Waals surface area contributed by atoms with Crippen LogP contribution >= 0.6 is 0 Å². The lowest BCUT2D eigenvalue weighted by Gasteiger charge is -2.26. The summed E-state index contributed by atoms with van der Waals surface area (Å²) in [6.45, 7) is 4.25. The molecule has 0 bridgehead atoms. The van der Waals surface area contributed by atoms with E-state index < -0.39 is 0 Å². The first kappa shape index (κ1) is 21.3. The number of nitrogens with zero attached hydrogens (tertiary/aromatic N) is 1. The molecule has 0 radical (unpaired) electrons. The second kappa shape index (κ2) is 9.87. The normalized spacial score (nSPS) is 15.7. The van der Waals surface area contributed by atoms with Gasteiger partial charge in [0.15, 0.2) is 0 Å². The Bertz CT molecular complexity index is 989. The van der Waals surface area contributed by atoms with Crippen molar-refractivity contribution in [1.82, 2.24) is 4.90 Å². The number of morpholine rings is 1. The molecule has 3 rings (SSSR count). The van der Waals surface area contributed by atoms with Crippen molar-refractivity contribution in [2.24, 2.45) is 11.5 Å². The van der Waals surface area contributed by atoms with E-state index in [4.69, 9.17) is 32.8 Å². The van der Waals surface area contributed by atoms with Crippen LogP contribution in [-0.2, 0) is 11.3 Å². The van der Waals surface area contributed by atoms with Gasteiger partial charge in [-0.05, 0) is 34.9 Å². The van der Waals surface area contributed by atoms with E-state index in [0.717, 1.165) is 44.6 Å². The standard InChI is InChI=1S/C23H28N6O/c24-13-19(14-25)18-4-5-21(26)20(12-18)23(28)22(27)11-16-2-1-3-17(10-16)15-29-6-8-30-9-7-29/h1-5,10-14,24,28H,6-9,15,25-27H2/b19-14+,22-11-,24-13?,28-23?. The van der Waals surface area contributed by atoms with Crippen molar-refractivity contribution in [3.8, 4) is 0 Å². The van der Waals surface area contributed by atoms with Crippen LogP contribution in [0.1, 0.15) is 22.3 Å². The number of nitrogens with two attached hydrogens (primary N) is 3. The van der Waals surface area contributed by atoms with Gasteiger partial charge in [0, 0.05) is 48.9 Å². The van der Waals surface area contributed by atoms with E-state index in [-0.39, 0.29) is 5.71 Å². The Morgan fingerprint density at radius 3 is 2.60 bits per heavy atom. The third-order valence-corrected chi connectivity index (χ3v) is 5.06. The fraction of sp³-hybridized carbons (Fsp3) is 0.217. The number of nitrogens with one attached hydrogen (secondary N) is 2. The first-order valence-electron chi connectivity index (χ1n) is 9.79. The van der Waals surface area contributed by atoms with Gasteiger partial charge in [0.1, 0.15) is 0 Å². The van der Waals surface area contributed by atoms with Crippen molar-refractivity contribution >= 4 is 29.3 Å². The summed E-state index contributed by atoms with van der Waals surface area (Å²) in [5, 5.41) is 16.0. The molecule has 0 spiro atoms. The highest BCUT2D eigenvalue weighted by atomic mass is 16.5. The Labute approximate surface area is 176 Å². The van der Waals surface area contributed by atoms with Crippen molar-refractivity contribution < 1.29 is 4.74 Å². The highest BCUT2D eigenvalue weighted by Crippen LogP contribution is 2.22. The van der Waals surface area contributed by atoms with Gasteiger partial charge in [-0.1, -0.05) is 30.3 Å². The molecule has 1 saturated heterocycles. The number of allylic oxidation sites excluding steroid dienone is 2. The van der Waals surface area contributed by atoms with Crippen LogP contribution in [0.4, 0.5) is 5.69 Å². The predicted molar refractivity (Wildman–Crippen MR) is 123 cm³/mol. The van der Waals surface area contributed by atoms with Crippen LogP contribution < -0.4 is 17.2 Å². The van der Waals surface area contributed by atoms with Crippen LogP contribution in [0.15, 0.2) is 54.4 Å². The summed E-state index contributed by atoms with van der Waals surface area (Å²) in [4.78, 5) is 2.36. The van der Waals surface area contributed by atoms with Gasteiger partial charge in [-0.25, -0.2) is 0 Å². The third kappa shape index (κ3) is 5.14. The maximum atomic E-state index is 8.53. The summed E-state index contributed by atoms with van der Waals surface area (Å²) in [5.74, 6) is 0. The van der Waals surface area contributed by atoms with Gasteiger partial charge in [-0.3, -0.25) is 10.3 Å². The zero-order chi connectivity index (χ0) is 21.5. The van der Waals surface area contributed by atoms with Crippen LogP contribution in [0.3, 0.4) is 0 Å². The SMILES string of the molecule is N=C/C(=C\N)c1ccc(N)c(C(=N)/C(N)=C/c2cccc(CN3CCOCC3)c2)c1. The maximum Gasteiger partial charge on any atom is 0.0862 e. The van der Waals surface area contributed by atoms with E-state index in [1.807, 2.05) is 12.1 Å². The Morgan fingerprint density at radius 1 is 1.13 bits per heavy atom. The summed E-state index contributed by atoms with van der Waals surface area (Å²) >= 11 is 0. The van der Waals surface area contributed by atoms with Gasteiger partial charge in [0.2, 0.25) is 0 Å². The molecule has 0 saturated carbocycles. The number of hydrogen-bond donors (Lipinski definition) is 5. The van der Waals surface area contributed by atoms with E-state index in [0.29, 0.717) is 28.1 Å². The summed E-state index contributed by atoms with van der Waals surface area (Å²) in [6, 6.07) is 13.3. The number of hydrogen-bond acceptors (Lipinski definition) is 7. The first-order chi connectivity index (χ1) is 14.5. The predicted octanol–water partition coefficient (Wildman–Crippen LogP) is 2.42. The quantitative estimate of drug-likeness (QED) is 0.356. The highest BCUT2D eigenvalue weighted by Gasteiger charge is 2.13. The zero-order valence-corrected chi connectivity index (χ0v) is 16.9. The summed E-state index contributed by atoms with van der Waals surface area (Å²) < 4.78 is 5.40. The van der Waals surface area contributed by atoms with Gasteiger partial charge in [0.05, 0.1) is 24.6 Å². The number of nitrogen functional groups attached to an aromatic ring is 1. The molecule has 156 valence electrons. The fourth-order valence-corrected chi connectivity index (χ4v) is 3.39. The van der Waals surface area contributed by atoms with E-state index in [9.17, 15) is 0 Å². The molecule has 0 amide bonds. The van der Waals surface area contributed by atoms with Crippen LogP contribution in [0.2, 0.25) is 0 Å². The van der Waals surface area contributed by atoms with E-state index in [1.165, 1.54) is 11.8 Å². The smallest absolute Gasteiger partial charge is 0.0862 e. The minimum Gasteiger partial charge on any atom is -0.404 e. The minimum atomic E-state index is 0.134. The molecule has 0 aromatic heterocycles. The Hall–Kier alpha value is -3.42. The third-order valence-electron chi connectivity index (χ3n) is 5.06. The van der Waals surface area contributed by atoms with Crippen molar-refractivity contribution in [1.29, 1.82) is 10.8 Å². The van der Waals surface area contributed by atoms with Gasteiger partial charge in [-0.15, -0.1) is 0 Å². The van der Waals surface area contributed by atoms with Crippen LogP contribution in [0.25, 0.3) is 11.6 Å². The van der Waals surface area contributed by atoms with Gasteiger partial charge >= 0.3 is 0 Å². The van der Waals surface area contributed by atoms with E-state index >= 15 is 0 Å². The molecule has 2 aromatic rings. The second-order valence-corrected chi connectivity index (χ2v) is 7.18. The second-order valence-electron chi connectivity index (χ2n) is 7.18. The molecular weight excluding hydrogens is 376 g/mol. The van der Waals surface area contributed by atoms with Crippen LogP contribution in [0, 0.1) is 10.8 Å². The average molecular weight is 405 g/mol. The molecule has 0 atom stereocenters. The van der Waals surface area contributed by atoms with Crippen LogP contribution in [0.5, 0.6) is 0 Å². The van der Waals surface area contributed by atoms with Gasteiger partial charge in [-0.2, -0.15) is 0 Å². The molecule has 1 fully saturated rings. The van der Waals surface area contributed by atoms with Gasteiger partial charge < -0.3 is 27.3 Å². The van der Waals surface area contributed by atoms with E-state index in [1.54, 1.807) is 24.3 Å². The minimum absolute atomic E-state index is 0.134. The molecule has 8 N–H and O–H groups in total. The molecule has 1 aliphatic heterocycles. The summed E-state index contributed by atoms with van der Waals surface area (Å²) in [7, 11) is 0. The fourth-order valence-electron chi connectivity index (χ4n) is 3.39. The van der Waals surface area contributed by atoms with Crippen molar-refractivity contribution in [2.45, 2.75) is 6.54 Å². The zero-order valence-electron chi connectivity index (χ0n) is 16.9. The Balaban J connectivity index is 1.81. The highest BCUT2D eigenvalue weighted by molar-refractivity contribution is 6.16. The molecule has 2 aromatic carbocycles. The molecular formula is C23H28N6O. The molecule has 7 nitrogen and oxygen atoms in total. The average Bonchev–Trinajstić information content (AvgIpc) is 2.76. The number of benzene rings is 2. The van der Waals surface area contributed by atoms with Crippen LogP contribution in [-0.4, -0.2) is 43.1 Å². The van der Waals surface area contributed by atoms with Gasteiger partial charge in [0.25, 0.3) is 0 Å². The summed E-state index contributed by atoms with van der Waals surface area (Å²) in [5.41, 5.74) is 22.7. The van der Waals surface area contributed by atoms with Crippen molar-refractivity contribution in [3.05, 3.63) is 76.6 Å². The number of rotatable bonds is 7. The lowest BCUT2D eigenvalue weighted by atomic mass is 9.98. The van der Waals surface area contributed by atoms with Crippen molar-refractivity contribution in [2.75, 3.05) is 32.0 Å². The Kier molecular flexibility index (Phi) is 7.00. The Morgan fingerprint density at radius 2 is 1.90 bits per heavy atom. The maximum absolute atomic E-state index is 8.53. The molecule has 30 heavy (non-hydrogen) atoms. The largest absolute Gasteiger partial charge is 0.404 e. The molecule has 7 heteroatoms. The molecule has 0 aliphatic carbocycles. The molecule has 1 heterocycles. The number of anilines is 1. The van der Waals surface area contributed by atoms with E-state index in [2.05, 4.69) is 17.0 Å². The monoisotopic (exact) mass is 404 g/mol. The lowest BCUT2D eigenvalue weighted by molar-refractivity contribution is 0.0342. The number of ether oxygens (including phenoxy) is 1. The molecule has 0 unspecified atom stereocenters. The van der Waals surface area contributed by atoms with Crippen molar-refractivity contribution in [3.63, 3.8) is 0 Å². The summed E-state index contributed by atoms with van der Waals surface area (Å²) in [6.07, 6.45) is 4.30. The topological polar surface area (TPSA) is 138 Å². The first-order valence-corrected chi connectivity index (χ1v) is 9.79.